The second kappa shape index (κ2) is 11.4. The molecule has 206 valence electrons. The molecule has 2 aliphatic heterocycles. The minimum absolute atomic E-state index is 0.00230. The van der Waals surface area contributed by atoms with Crippen LogP contribution in [0.2, 0.25) is 0 Å². The van der Waals surface area contributed by atoms with Gasteiger partial charge in [0.2, 0.25) is 11.8 Å². The fraction of sp³-hybridized carbons (Fsp3) is 0.724. The molecule has 0 aromatic heterocycles. The number of likely N-dealkylation sites (tertiary alicyclic amines) is 1. The molecule has 0 bridgehead atoms. The van der Waals surface area contributed by atoms with Gasteiger partial charge in [0.1, 0.15) is 11.6 Å². The van der Waals surface area contributed by atoms with E-state index in [0.717, 1.165) is 18.9 Å². The van der Waals surface area contributed by atoms with E-state index in [1.165, 1.54) is 31.4 Å². The van der Waals surface area contributed by atoms with Gasteiger partial charge in [-0.05, 0) is 65.1 Å². The Kier molecular flexibility index (Phi) is 8.58. The van der Waals surface area contributed by atoms with Crippen LogP contribution in [0, 0.1) is 23.5 Å². The minimum atomic E-state index is -0.614. The number of likely N-dealkylation sites (N-methyl/N-ethyl adjacent to an activating group) is 1. The molecule has 1 aromatic rings. The van der Waals surface area contributed by atoms with Gasteiger partial charge >= 0.3 is 0 Å². The quantitative estimate of drug-likeness (QED) is 0.640. The van der Waals surface area contributed by atoms with Gasteiger partial charge in [-0.2, -0.15) is 0 Å². The van der Waals surface area contributed by atoms with E-state index in [2.05, 4.69) is 31.0 Å². The second-order valence-electron chi connectivity index (χ2n) is 12.3. The van der Waals surface area contributed by atoms with Crippen LogP contribution in [0.5, 0.6) is 0 Å². The zero-order valence-corrected chi connectivity index (χ0v) is 23.1. The summed E-state index contributed by atoms with van der Waals surface area (Å²) in [6.45, 7) is 10.8. The summed E-state index contributed by atoms with van der Waals surface area (Å²) in [6, 6.07) is 3.38. The van der Waals surface area contributed by atoms with Crippen LogP contribution >= 0.6 is 0 Å². The largest absolute Gasteiger partial charge is 0.338 e. The van der Waals surface area contributed by atoms with E-state index in [1.807, 2.05) is 23.8 Å². The summed E-state index contributed by atoms with van der Waals surface area (Å²) in [5, 5.41) is 3.28. The topological polar surface area (TPSA) is 55.9 Å². The van der Waals surface area contributed by atoms with Crippen molar-refractivity contribution < 1.29 is 18.4 Å². The maximum absolute atomic E-state index is 14.9. The summed E-state index contributed by atoms with van der Waals surface area (Å²) in [5.74, 6) is -1.47. The summed E-state index contributed by atoms with van der Waals surface area (Å²) < 4.78 is 28.5. The van der Waals surface area contributed by atoms with Gasteiger partial charge in [0, 0.05) is 56.3 Å². The van der Waals surface area contributed by atoms with Crippen molar-refractivity contribution in [3.63, 3.8) is 0 Å². The fourth-order valence-electron chi connectivity index (χ4n) is 6.64. The molecule has 3 aliphatic rings. The number of hydrogen-bond donors (Lipinski definition) is 1. The molecule has 3 fully saturated rings. The van der Waals surface area contributed by atoms with Gasteiger partial charge in [-0.15, -0.1) is 0 Å². The van der Waals surface area contributed by atoms with Gasteiger partial charge in [-0.3, -0.25) is 14.5 Å². The van der Waals surface area contributed by atoms with Crippen molar-refractivity contribution in [2.75, 3.05) is 39.8 Å². The molecular weight excluding hydrogens is 474 g/mol. The van der Waals surface area contributed by atoms with Crippen molar-refractivity contribution in [2.45, 2.75) is 83.3 Å². The molecule has 2 saturated heterocycles. The number of rotatable bonds is 5. The van der Waals surface area contributed by atoms with Crippen LogP contribution in [0.4, 0.5) is 8.78 Å². The van der Waals surface area contributed by atoms with Crippen LogP contribution in [-0.4, -0.2) is 83.9 Å². The molecule has 37 heavy (non-hydrogen) atoms. The molecule has 6 nitrogen and oxygen atoms in total. The Morgan fingerprint density at radius 1 is 1.03 bits per heavy atom. The van der Waals surface area contributed by atoms with Crippen molar-refractivity contribution in [1.82, 2.24) is 20.0 Å². The van der Waals surface area contributed by atoms with Crippen LogP contribution in [0.3, 0.4) is 0 Å². The highest BCUT2D eigenvalue weighted by Crippen LogP contribution is 2.39. The first kappa shape index (κ1) is 28.0. The molecule has 2 heterocycles. The third-order valence-corrected chi connectivity index (χ3v) is 8.87. The van der Waals surface area contributed by atoms with Crippen molar-refractivity contribution in [3.05, 3.63) is 35.4 Å². The van der Waals surface area contributed by atoms with Crippen LogP contribution in [0.15, 0.2) is 18.2 Å². The van der Waals surface area contributed by atoms with Gasteiger partial charge in [0.25, 0.3) is 0 Å². The molecule has 0 unspecified atom stereocenters. The van der Waals surface area contributed by atoms with Crippen LogP contribution in [0.25, 0.3) is 0 Å². The standard InChI is InChI=1S/C29H44F2N4O2/c1-19-16-33(28(37)26(32-5)20-9-7-6-8-10-20)13-14-35(19)27(36)24-18-34(29(2,3)4)17-23(24)22-12-11-21(30)15-25(22)31/h11-12,15,19-20,23-24,26,32H,6-10,13-14,16-18H2,1-5H3/t19-,23-,24+,26-/m0/s1. The highest BCUT2D eigenvalue weighted by molar-refractivity contribution is 5.84. The number of carbonyl (C=O) groups excluding carboxylic acids is 2. The van der Waals surface area contributed by atoms with Gasteiger partial charge in [-0.25, -0.2) is 8.78 Å². The Morgan fingerprint density at radius 2 is 1.73 bits per heavy atom. The number of nitrogens with zero attached hydrogens (tertiary/aromatic N) is 3. The number of nitrogens with one attached hydrogen (secondary N) is 1. The first-order valence-electron chi connectivity index (χ1n) is 14.0. The smallest absolute Gasteiger partial charge is 0.240 e. The average molecular weight is 519 g/mol. The highest BCUT2D eigenvalue weighted by atomic mass is 19.1. The van der Waals surface area contributed by atoms with E-state index in [9.17, 15) is 18.4 Å². The molecule has 0 spiro atoms. The van der Waals surface area contributed by atoms with Crippen LogP contribution in [0.1, 0.15) is 71.3 Å². The van der Waals surface area contributed by atoms with Gasteiger partial charge in [-0.1, -0.05) is 25.3 Å². The summed E-state index contributed by atoms with van der Waals surface area (Å²) in [4.78, 5) is 33.4. The molecule has 0 radical (unpaired) electrons. The lowest BCUT2D eigenvalue weighted by molar-refractivity contribution is -0.147. The van der Waals surface area contributed by atoms with E-state index in [1.54, 1.807) is 0 Å². The Labute approximate surface area is 220 Å². The lowest BCUT2D eigenvalue weighted by Crippen LogP contribution is -2.60. The molecular formula is C29H44F2N4O2. The average Bonchev–Trinajstić information content (AvgIpc) is 3.30. The van der Waals surface area contributed by atoms with Gasteiger partial charge in [0.15, 0.2) is 0 Å². The summed E-state index contributed by atoms with van der Waals surface area (Å²) >= 11 is 0. The predicted octanol–water partition coefficient (Wildman–Crippen LogP) is 4.01. The molecule has 1 saturated carbocycles. The number of hydrogen-bond acceptors (Lipinski definition) is 4. The molecule has 1 aliphatic carbocycles. The molecule has 2 amide bonds. The number of carbonyl (C=O) groups is 2. The van der Waals surface area contributed by atoms with E-state index in [0.29, 0.717) is 44.2 Å². The lowest BCUT2D eigenvalue weighted by atomic mass is 9.83. The van der Waals surface area contributed by atoms with Crippen molar-refractivity contribution in [3.8, 4) is 0 Å². The highest BCUT2D eigenvalue weighted by Gasteiger charge is 2.46. The number of halogens is 2. The van der Waals surface area contributed by atoms with Gasteiger partial charge < -0.3 is 15.1 Å². The Bertz CT molecular complexity index is 975. The van der Waals surface area contributed by atoms with Crippen molar-refractivity contribution >= 4 is 11.8 Å². The lowest BCUT2D eigenvalue weighted by Gasteiger charge is -2.43. The summed E-state index contributed by atoms with van der Waals surface area (Å²) in [5.41, 5.74) is 0.222. The molecule has 8 heteroatoms. The minimum Gasteiger partial charge on any atom is -0.338 e. The number of benzene rings is 1. The Balaban J connectivity index is 1.48. The third-order valence-electron chi connectivity index (χ3n) is 8.87. The first-order chi connectivity index (χ1) is 17.5. The van der Waals surface area contributed by atoms with Crippen LogP contribution in [-0.2, 0) is 9.59 Å². The molecule has 1 N–H and O–H groups in total. The predicted molar refractivity (Wildman–Crippen MR) is 141 cm³/mol. The van der Waals surface area contributed by atoms with Crippen molar-refractivity contribution in [2.24, 2.45) is 11.8 Å². The van der Waals surface area contributed by atoms with Gasteiger partial charge in [0.05, 0.1) is 12.0 Å². The fourth-order valence-corrected chi connectivity index (χ4v) is 6.64. The van der Waals surface area contributed by atoms with E-state index < -0.39 is 17.6 Å². The van der Waals surface area contributed by atoms with Crippen molar-refractivity contribution in [1.29, 1.82) is 0 Å². The SMILES string of the molecule is CN[C@H](C(=O)N1CCN(C(=O)[C@@H]2CN(C(C)(C)C)C[C@H]2c2ccc(F)cc2F)[C@@H](C)C1)C1CCCCC1. The summed E-state index contributed by atoms with van der Waals surface area (Å²) in [6.07, 6.45) is 5.77. The zero-order chi connectivity index (χ0) is 26.9. The van der Waals surface area contributed by atoms with E-state index >= 15 is 0 Å². The van der Waals surface area contributed by atoms with Crippen LogP contribution < -0.4 is 5.32 Å². The first-order valence-corrected chi connectivity index (χ1v) is 14.0. The van der Waals surface area contributed by atoms with E-state index in [-0.39, 0.29) is 35.4 Å². The van der Waals surface area contributed by atoms with E-state index in [4.69, 9.17) is 0 Å². The summed E-state index contributed by atoms with van der Waals surface area (Å²) in [7, 11) is 1.87. The number of amides is 2. The Morgan fingerprint density at radius 3 is 2.32 bits per heavy atom. The molecule has 4 atom stereocenters. The maximum atomic E-state index is 14.9. The Hall–Kier alpha value is -2.06. The number of piperazine rings is 1. The maximum Gasteiger partial charge on any atom is 0.240 e. The molecule has 1 aromatic carbocycles. The normalized spacial score (nSPS) is 26.9. The third kappa shape index (κ3) is 6.00. The zero-order valence-electron chi connectivity index (χ0n) is 23.1. The monoisotopic (exact) mass is 518 g/mol. The second-order valence-corrected chi connectivity index (χ2v) is 12.3. The molecule has 4 rings (SSSR count).